The van der Waals surface area contributed by atoms with Gasteiger partial charge in [-0.25, -0.2) is 0 Å². The molecule has 0 aromatic heterocycles. The van der Waals surface area contributed by atoms with Crippen molar-refractivity contribution in [2.24, 2.45) is 5.92 Å². The van der Waals surface area contributed by atoms with E-state index in [-0.39, 0.29) is 0 Å². The molecule has 2 heteroatoms. The van der Waals surface area contributed by atoms with E-state index < -0.39 is 0 Å². The molecule has 0 saturated carbocycles. The van der Waals surface area contributed by atoms with Gasteiger partial charge in [-0.15, -0.1) is 6.42 Å². The average Bonchev–Trinajstić information content (AvgIpc) is 2.29. The van der Waals surface area contributed by atoms with E-state index >= 15 is 0 Å². The smallest absolute Gasteiger partial charge is 0.0599 e. The van der Waals surface area contributed by atoms with Crippen LogP contribution in [0.5, 0.6) is 0 Å². The maximum Gasteiger partial charge on any atom is 0.0599 e. The van der Waals surface area contributed by atoms with E-state index in [9.17, 15) is 0 Å². The van der Waals surface area contributed by atoms with Crippen LogP contribution in [0.3, 0.4) is 0 Å². The normalized spacial score (nSPS) is 10.9. The zero-order chi connectivity index (χ0) is 13.4. The van der Waals surface area contributed by atoms with Crippen LogP contribution >= 0.6 is 0 Å². The second-order valence-electron chi connectivity index (χ2n) is 5.22. The van der Waals surface area contributed by atoms with E-state index in [1.165, 1.54) is 11.1 Å². The van der Waals surface area contributed by atoms with Crippen molar-refractivity contribution in [3.8, 4) is 12.3 Å². The van der Waals surface area contributed by atoms with Crippen molar-refractivity contribution in [3.63, 3.8) is 0 Å². The maximum atomic E-state index is 5.31. The van der Waals surface area contributed by atoms with Gasteiger partial charge in [-0.2, -0.15) is 0 Å². The number of nitrogens with zero attached hydrogens (tertiary/aromatic N) is 1. The molecule has 0 saturated heterocycles. The Kier molecular flexibility index (Phi) is 6.49. The van der Waals surface area contributed by atoms with E-state index in [0.717, 1.165) is 19.6 Å². The summed E-state index contributed by atoms with van der Waals surface area (Å²) >= 11 is 0. The topological polar surface area (TPSA) is 15.3 Å². The standard InChI is InChI=1S/C16H24N2/c1-5-9-18(4)13-16-8-6-7-15(10-16)12-17-11-14(2)3/h1,6-8,10,14,17H,9,11-13H2,2-4H3. The molecule has 0 atom stereocenters. The van der Waals surface area contributed by atoms with Crippen molar-refractivity contribution in [1.82, 2.24) is 10.2 Å². The van der Waals surface area contributed by atoms with Crippen LogP contribution in [0.4, 0.5) is 0 Å². The molecule has 98 valence electrons. The molecule has 0 unspecified atom stereocenters. The lowest BCUT2D eigenvalue weighted by Gasteiger charge is -2.14. The van der Waals surface area contributed by atoms with Gasteiger partial charge in [-0.1, -0.05) is 44.0 Å². The van der Waals surface area contributed by atoms with E-state index in [0.29, 0.717) is 12.5 Å². The van der Waals surface area contributed by atoms with Gasteiger partial charge in [0, 0.05) is 13.1 Å². The number of terminal acetylenes is 1. The van der Waals surface area contributed by atoms with Crippen LogP contribution in [-0.4, -0.2) is 25.0 Å². The lowest BCUT2D eigenvalue weighted by Crippen LogP contribution is -2.20. The Morgan fingerprint density at radius 3 is 2.72 bits per heavy atom. The lowest BCUT2D eigenvalue weighted by atomic mass is 10.1. The molecule has 0 aliphatic heterocycles. The summed E-state index contributed by atoms with van der Waals surface area (Å²) in [7, 11) is 2.05. The Hall–Kier alpha value is -1.30. The molecule has 0 aliphatic rings. The first kappa shape index (κ1) is 14.8. The highest BCUT2D eigenvalue weighted by molar-refractivity contribution is 5.23. The van der Waals surface area contributed by atoms with Crippen molar-refractivity contribution in [3.05, 3.63) is 35.4 Å². The van der Waals surface area contributed by atoms with Crippen molar-refractivity contribution < 1.29 is 0 Å². The summed E-state index contributed by atoms with van der Waals surface area (Å²) in [6.07, 6.45) is 5.31. The number of hydrogen-bond donors (Lipinski definition) is 1. The molecule has 1 aromatic carbocycles. The van der Waals surface area contributed by atoms with Crippen molar-refractivity contribution in [2.75, 3.05) is 20.1 Å². The Morgan fingerprint density at radius 1 is 1.33 bits per heavy atom. The van der Waals surface area contributed by atoms with Crippen LogP contribution in [0.15, 0.2) is 24.3 Å². The predicted molar refractivity (Wildman–Crippen MR) is 78.2 cm³/mol. The summed E-state index contributed by atoms with van der Waals surface area (Å²) < 4.78 is 0. The molecule has 0 spiro atoms. The molecule has 0 aliphatic carbocycles. The SMILES string of the molecule is C#CCN(C)Cc1cccc(CNCC(C)C)c1. The highest BCUT2D eigenvalue weighted by Crippen LogP contribution is 2.07. The van der Waals surface area contributed by atoms with Crippen LogP contribution in [0.1, 0.15) is 25.0 Å². The van der Waals surface area contributed by atoms with Crippen LogP contribution in [0.2, 0.25) is 0 Å². The third-order valence-corrected chi connectivity index (χ3v) is 2.69. The van der Waals surface area contributed by atoms with Gasteiger partial charge in [0.25, 0.3) is 0 Å². The molecule has 0 bridgehead atoms. The summed E-state index contributed by atoms with van der Waals surface area (Å²) in [6, 6.07) is 8.68. The fourth-order valence-electron chi connectivity index (χ4n) is 1.87. The number of nitrogens with one attached hydrogen (secondary N) is 1. The van der Waals surface area contributed by atoms with E-state index in [4.69, 9.17) is 6.42 Å². The van der Waals surface area contributed by atoms with Gasteiger partial charge in [0.2, 0.25) is 0 Å². The summed E-state index contributed by atoms with van der Waals surface area (Å²) in [5.41, 5.74) is 2.65. The van der Waals surface area contributed by atoms with Gasteiger partial charge >= 0.3 is 0 Å². The van der Waals surface area contributed by atoms with Crippen LogP contribution in [0.25, 0.3) is 0 Å². The predicted octanol–water partition coefficient (Wildman–Crippen LogP) is 2.50. The fraction of sp³-hybridized carbons (Fsp3) is 0.500. The Balaban J connectivity index is 2.49. The highest BCUT2D eigenvalue weighted by Gasteiger charge is 2.00. The fourth-order valence-corrected chi connectivity index (χ4v) is 1.87. The molecule has 18 heavy (non-hydrogen) atoms. The quantitative estimate of drug-likeness (QED) is 0.741. The van der Waals surface area contributed by atoms with Crippen LogP contribution in [-0.2, 0) is 13.1 Å². The third kappa shape index (κ3) is 5.86. The van der Waals surface area contributed by atoms with E-state index in [2.05, 4.69) is 54.3 Å². The molecule has 1 aromatic rings. The molecule has 0 radical (unpaired) electrons. The first-order valence-electron chi connectivity index (χ1n) is 6.52. The molecular formula is C16H24N2. The largest absolute Gasteiger partial charge is 0.312 e. The monoisotopic (exact) mass is 244 g/mol. The average molecular weight is 244 g/mol. The lowest BCUT2D eigenvalue weighted by molar-refractivity contribution is 0.369. The molecule has 0 heterocycles. The number of rotatable bonds is 7. The van der Waals surface area contributed by atoms with Crippen molar-refractivity contribution >= 4 is 0 Å². The van der Waals surface area contributed by atoms with Gasteiger partial charge in [-0.3, -0.25) is 4.90 Å². The minimum atomic E-state index is 0.690. The Bertz CT molecular complexity index is 390. The molecule has 1 rings (SSSR count). The highest BCUT2D eigenvalue weighted by atomic mass is 15.1. The summed E-state index contributed by atoms with van der Waals surface area (Å²) in [4.78, 5) is 2.14. The van der Waals surface area contributed by atoms with Crippen molar-refractivity contribution in [1.29, 1.82) is 0 Å². The Morgan fingerprint density at radius 2 is 2.06 bits per heavy atom. The zero-order valence-corrected chi connectivity index (χ0v) is 11.7. The van der Waals surface area contributed by atoms with Crippen molar-refractivity contribution in [2.45, 2.75) is 26.9 Å². The molecule has 0 amide bonds. The number of benzene rings is 1. The second kappa shape index (κ2) is 7.92. The third-order valence-electron chi connectivity index (χ3n) is 2.69. The summed E-state index contributed by atoms with van der Waals surface area (Å²) in [5, 5.41) is 3.46. The Labute approximate surface area is 111 Å². The molecule has 2 nitrogen and oxygen atoms in total. The first-order valence-corrected chi connectivity index (χ1v) is 6.52. The second-order valence-corrected chi connectivity index (χ2v) is 5.22. The first-order chi connectivity index (χ1) is 8.61. The van der Waals surface area contributed by atoms with E-state index in [1.807, 2.05) is 7.05 Å². The minimum Gasteiger partial charge on any atom is -0.312 e. The van der Waals surface area contributed by atoms with Gasteiger partial charge in [0.05, 0.1) is 6.54 Å². The van der Waals surface area contributed by atoms with E-state index in [1.54, 1.807) is 0 Å². The molecule has 0 fully saturated rings. The van der Waals surface area contributed by atoms with Crippen LogP contribution < -0.4 is 5.32 Å². The van der Waals surface area contributed by atoms with Gasteiger partial charge in [0.1, 0.15) is 0 Å². The minimum absolute atomic E-state index is 0.690. The molecular weight excluding hydrogens is 220 g/mol. The molecule has 1 N–H and O–H groups in total. The summed E-state index contributed by atoms with van der Waals surface area (Å²) in [5.74, 6) is 3.35. The van der Waals surface area contributed by atoms with Gasteiger partial charge in [0.15, 0.2) is 0 Å². The number of hydrogen-bond acceptors (Lipinski definition) is 2. The zero-order valence-electron chi connectivity index (χ0n) is 11.7. The maximum absolute atomic E-state index is 5.31. The van der Waals surface area contributed by atoms with Crippen LogP contribution in [0, 0.1) is 18.3 Å². The van der Waals surface area contributed by atoms with Gasteiger partial charge in [-0.05, 0) is 30.6 Å². The van der Waals surface area contributed by atoms with Gasteiger partial charge < -0.3 is 5.32 Å². The summed E-state index contributed by atoms with van der Waals surface area (Å²) in [6.45, 7) is 8.03.